The largest absolute Gasteiger partial charge is 0.339 e. The van der Waals surface area contributed by atoms with Crippen LogP contribution in [0.15, 0.2) is 0 Å². The van der Waals surface area contributed by atoms with Gasteiger partial charge in [0.15, 0.2) is 0 Å². The van der Waals surface area contributed by atoms with Gasteiger partial charge in [-0.1, -0.05) is 6.42 Å². The van der Waals surface area contributed by atoms with Gasteiger partial charge in [-0.25, -0.2) is 8.42 Å². The molecule has 2 saturated heterocycles. The first-order valence-corrected chi connectivity index (χ1v) is 13.7. The summed E-state index contributed by atoms with van der Waals surface area (Å²) in [7, 11) is -3.44. The van der Waals surface area contributed by atoms with Crippen molar-refractivity contribution in [1.29, 1.82) is 0 Å². The number of rotatable bonds is 4. The maximum atomic E-state index is 13.5. The Hall–Kier alpha value is -1.45. The van der Waals surface area contributed by atoms with Gasteiger partial charge in [0.25, 0.3) is 5.91 Å². The van der Waals surface area contributed by atoms with Gasteiger partial charge in [-0.2, -0.15) is 4.31 Å². The SMILES string of the molecule is CS(=O)(=O)N1CCC[C@H]1C(=O)Nc1sc2c(c1C(=O)N1CCCCC1)CCCCC2. The number of sulfonamides is 1. The summed E-state index contributed by atoms with van der Waals surface area (Å²) in [5, 5.41) is 3.59. The lowest BCUT2D eigenvalue weighted by Gasteiger charge is -2.27. The Labute approximate surface area is 182 Å². The van der Waals surface area contributed by atoms with E-state index in [9.17, 15) is 18.0 Å². The van der Waals surface area contributed by atoms with Gasteiger partial charge >= 0.3 is 0 Å². The maximum Gasteiger partial charge on any atom is 0.257 e. The second kappa shape index (κ2) is 8.96. The molecule has 166 valence electrons. The highest BCUT2D eigenvalue weighted by Gasteiger charge is 2.38. The van der Waals surface area contributed by atoms with Crippen LogP contribution in [0.25, 0.3) is 0 Å². The van der Waals surface area contributed by atoms with Crippen LogP contribution >= 0.6 is 11.3 Å². The fourth-order valence-corrected chi connectivity index (χ4v) is 7.31. The molecule has 0 saturated carbocycles. The molecule has 0 unspecified atom stereocenters. The lowest BCUT2D eigenvalue weighted by Crippen LogP contribution is -2.42. The Morgan fingerprint density at radius 1 is 0.967 bits per heavy atom. The summed E-state index contributed by atoms with van der Waals surface area (Å²) in [6.07, 6.45) is 10.7. The normalized spacial score (nSPS) is 23.1. The van der Waals surface area contributed by atoms with Crippen LogP contribution in [0, 0.1) is 0 Å². The van der Waals surface area contributed by atoms with Gasteiger partial charge in [0, 0.05) is 24.5 Å². The third kappa shape index (κ3) is 4.43. The fraction of sp³-hybridized carbons (Fsp3) is 0.714. The minimum atomic E-state index is -3.44. The van der Waals surface area contributed by atoms with Gasteiger partial charge in [0.1, 0.15) is 11.0 Å². The molecule has 7 nitrogen and oxygen atoms in total. The van der Waals surface area contributed by atoms with E-state index < -0.39 is 16.1 Å². The molecule has 0 spiro atoms. The lowest BCUT2D eigenvalue weighted by molar-refractivity contribution is -0.119. The summed E-state index contributed by atoms with van der Waals surface area (Å²) >= 11 is 1.52. The third-order valence-corrected chi connectivity index (χ3v) is 8.94. The highest BCUT2D eigenvalue weighted by Crippen LogP contribution is 2.39. The van der Waals surface area contributed by atoms with E-state index in [0.29, 0.717) is 30.0 Å². The van der Waals surface area contributed by atoms with Crippen LogP contribution in [0.4, 0.5) is 5.00 Å². The van der Waals surface area contributed by atoms with E-state index in [-0.39, 0.29) is 11.8 Å². The summed E-state index contributed by atoms with van der Waals surface area (Å²) in [5.74, 6) is -0.294. The van der Waals surface area contributed by atoms with Crippen molar-refractivity contribution in [1.82, 2.24) is 9.21 Å². The van der Waals surface area contributed by atoms with E-state index in [0.717, 1.165) is 76.3 Å². The molecular formula is C21H31N3O4S2. The molecule has 0 aromatic carbocycles. The zero-order valence-corrected chi connectivity index (χ0v) is 19.2. The average molecular weight is 454 g/mol. The number of likely N-dealkylation sites (tertiary alicyclic amines) is 1. The summed E-state index contributed by atoms with van der Waals surface area (Å²) in [6.45, 7) is 1.90. The molecule has 2 aliphatic heterocycles. The van der Waals surface area contributed by atoms with E-state index in [1.807, 2.05) is 4.90 Å². The first kappa shape index (κ1) is 21.8. The first-order chi connectivity index (χ1) is 14.4. The molecule has 2 fully saturated rings. The van der Waals surface area contributed by atoms with E-state index in [1.54, 1.807) is 0 Å². The highest BCUT2D eigenvalue weighted by atomic mass is 32.2. The molecule has 4 rings (SSSR count). The highest BCUT2D eigenvalue weighted by molar-refractivity contribution is 7.88. The number of carbonyl (C=O) groups excluding carboxylic acids is 2. The Balaban J connectivity index is 1.64. The second-order valence-electron chi connectivity index (χ2n) is 8.64. The van der Waals surface area contributed by atoms with Crippen LogP contribution in [0.5, 0.6) is 0 Å². The van der Waals surface area contributed by atoms with Crippen molar-refractivity contribution in [2.75, 3.05) is 31.2 Å². The van der Waals surface area contributed by atoms with Gasteiger partial charge < -0.3 is 10.2 Å². The maximum absolute atomic E-state index is 13.5. The van der Waals surface area contributed by atoms with Gasteiger partial charge in [0.2, 0.25) is 15.9 Å². The first-order valence-electron chi connectivity index (χ1n) is 11.1. The quantitative estimate of drug-likeness (QED) is 0.710. The molecule has 1 aromatic rings. The number of nitrogens with one attached hydrogen (secondary N) is 1. The Kier molecular flexibility index (Phi) is 6.50. The number of nitrogens with zero attached hydrogens (tertiary/aromatic N) is 2. The molecule has 30 heavy (non-hydrogen) atoms. The standard InChI is InChI=1S/C21H31N3O4S2/c1-30(27,28)24-14-8-10-16(24)19(25)22-20-18(21(26)23-12-6-3-7-13-23)15-9-4-2-5-11-17(15)29-20/h16H,2-14H2,1H3,(H,22,25)/t16-/m0/s1. The number of anilines is 1. The predicted octanol–water partition coefficient (Wildman–Crippen LogP) is 3.01. The fourth-order valence-electron chi connectivity index (χ4n) is 4.91. The van der Waals surface area contributed by atoms with Crippen molar-refractivity contribution >= 4 is 38.2 Å². The number of hydrogen-bond donors (Lipinski definition) is 1. The number of carbonyl (C=O) groups is 2. The van der Waals surface area contributed by atoms with Crippen molar-refractivity contribution in [3.63, 3.8) is 0 Å². The molecule has 1 N–H and O–H groups in total. The summed E-state index contributed by atoms with van der Waals surface area (Å²) in [5.41, 5.74) is 1.77. The minimum Gasteiger partial charge on any atom is -0.339 e. The van der Waals surface area contributed by atoms with E-state index >= 15 is 0 Å². The molecule has 1 aliphatic carbocycles. The Morgan fingerprint density at radius 2 is 1.67 bits per heavy atom. The number of fused-ring (bicyclic) bond motifs is 1. The monoisotopic (exact) mass is 453 g/mol. The van der Waals surface area contributed by atoms with Crippen molar-refractivity contribution in [3.8, 4) is 0 Å². The topological polar surface area (TPSA) is 86.8 Å². The third-order valence-electron chi connectivity index (χ3n) is 6.45. The van der Waals surface area contributed by atoms with E-state index in [4.69, 9.17) is 0 Å². The Morgan fingerprint density at radius 3 is 2.40 bits per heavy atom. The van der Waals surface area contributed by atoms with Crippen molar-refractivity contribution in [2.24, 2.45) is 0 Å². The number of amides is 2. The molecule has 3 heterocycles. The number of thiophene rings is 1. The van der Waals surface area contributed by atoms with Crippen molar-refractivity contribution < 1.29 is 18.0 Å². The van der Waals surface area contributed by atoms with Gasteiger partial charge in [-0.15, -0.1) is 11.3 Å². The molecule has 1 aromatic heterocycles. The molecule has 9 heteroatoms. The van der Waals surface area contributed by atoms with Crippen molar-refractivity contribution in [2.45, 2.75) is 70.3 Å². The molecule has 3 aliphatic rings. The number of hydrogen-bond acceptors (Lipinski definition) is 5. The van der Waals surface area contributed by atoms with Crippen LogP contribution in [0.3, 0.4) is 0 Å². The van der Waals surface area contributed by atoms with Crippen LogP contribution in [0.1, 0.15) is 72.2 Å². The molecule has 1 atom stereocenters. The molecular weight excluding hydrogens is 422 g/mol. The summed E-state index contributed by atoms with van der Waals surface area (Å²) < 4.78 is 25.4. The number of aryl methyl sites for hydroxylation is 1. The lowest BCUT2D eigenvalue weighted by atomic mass is 10.0. The zero-order chi connectivity index (χ0) is 21.3. The van der Waals surface area contributed by atoms with Crippen molar-refractivity contribution in [3.05, 3.63) is 16.0 Å². The van der Waals surface area contributed by atoms with Gasteiger partial charge in [-0.05, 0) is 63.4 Å². The zero-order valence-electron chi connectivity index (χ0n) is 17.6. The van der Waals surface area contributed by atoms with Crippen LogP contribution in [-0.2, 0) is 27.7 Å². The smallest absolute Gasteiger partial charge is 0.257 e. The van der Waals surface area contributed by atoms with Crippen LogP contribution in [0.2, 0.25) is 0 Å². The van der Waals surface area contributed by atoms with E-state index in [1.165, 1.54) is 20.5 Å². The number of piperidine rings is 1. The summed E-state index contributed by atoms with van der Waals surface area (Å²) in [6, 6.07) is -0.695. The summed E-state index contributed by atoms with van der Waals surface area (Å²) in [4.78, 5) is 29.7. The molecule has 2 amide bonds. The van der Waals surface area contributed by atoms with Crippen LogP contribution < -0.4 is 5.32 Å². The van der Waals surface area contributed by atoms with E-state index in [2.05, 4.69) is 5.32 Å². The minimum absolute atomic E-state index is 0.0239. The van der Waals surface area contributed by atoms with Crippen LogP contribution in [-0.4, -0.2) is 61.4 Å². The second-order valence-corrected chi connectivity index (χ2v) is 11.7. The molecule has 0 bridgehead atoms. The van der Waals surface area contributed by atoms with Gasteiger partial charge in [-0.3, -0.25) is 9.59 Å². The Bertz CT molecular complexity index is 919. The van der Waals surface area contributed by atoms with Gasteiger partial charge in [0.05, 0.1) is 11.8 Å². The average Bonchev–Trinajstić information content (AvgIpc) is 3.28. The molecule has 0 radical (unpaired) electrons. The predicted molar refractivity (Wildman–Crippen MR) is 119 cm³/mol.